The molecule has 0 spiro atoms. The van der Waals surface area contributed by atoms with Crippen LogP contribution in [0.4, 0.5) is 0 Å². The van der Waals surface area contributed by atoms with Gasteiger partial charge in [-0.05, 0) is 35.1 Å². The molecule has 0 radical (unpaired) electrons. The van der Waals surface area contributed by atoms with Crippen molar-refractivity contribution >= 4 is 5.97 Å². The molecule has 0 atom stereocenters. The third-order valence-electron chi connectivity index (χ3n) is 4.71. The van der Waals surface area contributed by atoms with Crippen LogP contribution in [0.3, 0.4) is 0 Å². The Morgan fingerprint density at radius 2 is 1.90 bits per heavy atom. The van der Waals surface area contributed by atoms with Gasteiger partial charge in [0.25, 0.3) is 0 Å². The van der Waals surface area contributed by atoms with E-state index < -0.39 is 5.97 Å². The highest BCUT2D eigenvalue weighted by Crippen LogP contribution is 2.24. The zero-order chi connectivity index (χ0) is 20.8. The first kappa shape index (κ1) is 20.5. The summed E-state index contributed by atoms with van der Waals surface area (Å²) in [5.41, 5.74) is 3.01. The molecule has 0 saturated heterocycles. The van der Waals surface area contributed by atoms with E-state index in [2.05, 4.69) is 20.4 Å². The zero-order valence-electron chi connectivity index (χ0n) is 17.0. The molecule has 0 aliphatic heterocycles. The van der Waals surface area contributed by atoms with E-state index in [-0.39, 0.29) is 0 Å². The number of carbonyl (C=O) groups is 1. The number of aromatic carboxylic acids is 1. The lowest BCUT2D eigenvalue weighted by Crippen LogP contribution is -2.07. The van der Waals surface area contributed by atoms with Crippen molar-refractivity contribution in [1.82, 2.24) is 14.8 Å². The number of allylic oxidation sites excluding steroid dienone is 1. The van der Waals surface area contributed by atoms with Crippen molar-refractivity contribution < 1.29 is 9.90 Å². The normalized spacial score (nSPS) is 11.0. The van der Waals surface area contributed by atoms with Crippen LogP contribution in [0, 0.1) is 5.92 Å². The fourth-order valence-electron chi connectivity index (χ4n) is 3.30. The summed E-state index contributed by atoms with van der Waals surface area (Å²) in [6, 6.07) is 15.0. The summed E-state index contributed by atoms with van der Waals surface area (Å²) in [7, 11) is 0. The lowest BCUT2D eigenvalue weighted by Gasteiger charge is -2.09. The number of rotatable bonds is 9. The number of nitrogens with zero attached hydrogens (tertiary/aromatic N) is 3. The Labute approximate surface area is 171 Å². The lowest BCUT2D eigenvalue weighted by atomic mass is 9.99. The minimum Gasteiger partial charge on any atom is -0.478 e. The third-order valence-corrected chi connectivity index (χ3v) is 4.71. The highest BCUT2D eigenvalue weighted by Gasteiger charge is 2.13. The second kappa shape index (κ2) is 9.32. The van der Waals surface area contributed by atoms with Crippen molar-refractivity contribution in [3.8, 4) is 11.1 Å². The fourth-order valence-corrected chi connectivity index (χ4v) is 3.30. The van der Waals surface area contributed by atoms with Crippen LogP contribution in [0.1, 0.15) is 47.8 Å². The Morgan fingerprint density at radius 3 is 2.55 bits per heavy atom. The fraction of sp³-hybridized carbons (Fsp3) is 0.292. The molecule has 1 N–H and O–H groups in total. The Bertz CT molecular complexity index is 988. The maximum Gasteiger partial charge on any atom is 0.336 e. The molecule has 0 fully saturated rings. The van der Waals surface area contributed by atoms with Gasteiger partial charge in [0.2, 0.25) is 0 Å². The van der Waals surface area contributed by atoms with E-state index in [4.69, 9.17) is 10.1 Å². The summed E-state index contributed by atoms with van der Waals surface area (Å²) < 4.78 is 1.97. The van der Waals surface area contributed by atoms with Crippen molar-refractivity contribution in [3.05, 3.63) is 84.0 Å². The van der Waals surface area contributed by atoms with Crippen molar-refractivity contribution in [3.63, 3.8) is 0 Å². The Morgan fingerprint density at radius 1 is 1.17 bits per heavy atom. The minimum absolute atomic E-state index is 0.307. The van der Waals surface area contributed by atoms with Gasteiger partial charge >= 0.3 is 5.97 Å². The van der Waals surface area contributed by atoms with Gasteiger partial charge in [-0.25, -0.2) is 14.5 Å². The Hall–Kier alpha value is -3.21. The van der Waals surface area contributed by atoms with Crippen LogP contribution in [0.25, 0.3) is 11.1 Å². The first-order chi connectivity index (χ1) is 14.0. The summed E-state index contributed by atoms with van der Waals surface area (Å²) in [6.45, 7) is 8.77. The van der Waals surface area contributed by atoms with Crippen LogP contribution in [0.15, 0.2) is 61.2 Å². The van der Waals surface area contributed by atoms with Gasteiger partial charge in [-0.15, -0.1) is 6.58 Å². The number of benzene rings is 2. The Balaban J connectivity index is 1.83. The average Bonchev–Trinajstić information content (AvgIpc) is 3.07. The van der Waals surface area contributed by atoms with Gasteiger partial charge in [-0.2, -0.15) is 5.10 Å². The summed E-state index contributed by atoms with van der Waals surface area (Å²) >= 11 is 0. The van der Waals surface area contributed by atoms with Gasteiger partial charge in [0.1, 0.15) is 5.82 Å². The molecule has 5 nitrogen and oxygen atoms in total. The zero-order valence-corrected chi connectivity index (χ0v) is 17.0. The number of aromatic nitrogens is 3. The van der Waals surface area contributed by atoms with Gasteiger partial charge in [0.05, 0.1) is 12.1 Å². The molecule has 0 bridgehead atoms. The smallest absolute Gasteiger partial charge is 0.336 e. The first-order valence-electron chi connectivity index (χ1n) is 9.93. The van der Waals surface area contributed by atoms with E-state index in [0.29, 0.717) is 18.0 Å². The molecule has 1 aromatic heterocycles. The van der Waals surface area contributed by atoms with E-state index in [1.165, 1.54) is 0 Å². The van der Waals surface area contributed by atoms with E-state index in [1.54, 1.807) is 12.1 Å². The van der Waals surface area contributed by atoms with Crippen molar-refractivity contribution in [2.24, 2.45) is 5.92 Å². The van der Waals surface area contributed by atoms with Crippen LogP contribution < -0.4 is 0 Å². The molecule has 0 aliphatic rings. The summed E-state index contributed by atoms with van der Waals surface area (Å²) in [4.78, 5) is 16.2. The first-order valence-corrected chi connectivity index (χ1v) is 9.93. The van der Waals surface area contributed by atoms with Gasteiger partial charge in [0.15, 0.2) is 5.82 Å². The highest BCUT2D eigenvalue weighted by atomic mass is 16.4. The predicted molar refractivity (Wildman–Crippen MR) is 115 cm³/mol. The van der Waals surface area contributed by atoms with Crippen molar-refractivity contribution in [2.45, 2.75) is 39.7 Å². The molecule has 0 aliphatic carbocycles. The van der Waals surface area contributed by atoms with Crippen LogP contribution in [0.5, 0.6) is 0 Å². The summed E-state index contributed by atoms with van der Waals surface area (Å²) in [6.07, 6.45) is 4.44. The van der Waals surface area contributed by atoms with Crippen LogP contribution in [0.2, 0.25) is 0 Å². The molecule has 0 amide bonds. The maximum absolute atomic E-state index is 11.5. The standard InChI is InChI=1S/C24H27N3O2/c1-4-5-10-23-25-22(15-17(2)3)26-27(23)16-18-11-13-19(14-12-18)20-8-6-7-9-21(20)24(28)29/h4,6-9,11-14,17H,1,5,10,15-16H2,2-3H3,(H,28,29). The van der Waals surface area contributed by atoms with E-state index in [9.17, 15) is 9.90 Å². The molecule has 5 heteroatoms. The SMILES string of the molecule is C=CCCc1nc(CC(C)C)nn1Cc1ccc(-c2ccccc2C(=O)O)cc1. The molecule has 0 saturated carbocycles. The van der Waals surface area contributed by atoms with Gasteiger partial charge in [-0.1, -0.05) is 62.4 Å². The van der Waals surface area contributed by atoms with Gasteiger partial charge in [0, 0.05) is 12.8 Å². The topological polar surface area (TPSA) is 68.0 Å². The third kappa shape index (κ3) is 5.19. The van der Waals surface area contributed by atoms with Gasteiger partial charge < -0.3 is 5.11 Å². The van der Waals surface area contributed by atoms with Crippen molar-refractivity contribution in [1.29, 1.82) is 0 Å². The van der Waals surface area contributed by atoms with Gasteiger partial charge in [-0.3, -0.25) is 0 Å². The lowest BCUT2D eigenvalue weighted by molar-refractivity contribution is 0.0697. The van der Waals surface area contributed by atoms with Crippen LogP contribution >= 0.6 is 0 Å². The van der Waals surface area contributed by atoms with E-state index >= 15 is 0 Å². The molecule has 150 valence electrons. The summed E-state index contributed by atoms with van der Waals surface area (Å²) in [5.74, 6) is 1.44. The second-order valence-electron chi connectivity index (χ2n) is 7.57. The maximum atomic E-state index is 11.5. The van der Waals surface area contributed by atoms with Crippen LogP contribution in [-0.2, 0) is 19.4 Å². The monoisotopic (exact) mass is 389 g/mol. The predicted octanol–water partition coefficient (Wildman–Crippen LogP) is 5.01. The minimum atomic E-state index is -0.920. The number of hydrogen-bond donors (Lipinski definition) is 1. The molecule has 29 heavy (non-hydrogen) atoms. The Kier molecular flexibility index (Phi) is 6.60. The molecular formula is C24H27N3O2. The molecule has 3 rings (SSSR count). The van der Waals surface area contributed by atoms with Crippen LogP contribution in [-0.4, -0.2) is 25.8 Å². The molecule has 3 aromatic rings. The molecule has 1 heterocycles. The molecular weight excluding hydrogens is 362 g/mol. The van der Waals surface area contributed by atoms with Crippen molar-refractivity contribution in [2.75, 3.05) is 0 Å². The average molecular weight is 389 g/mol. The highest BCUT2D eigenvalue weighted by molar-refractivity contribution is 5.95. The largest absolute Gasteiger partial charge is 0.478 e. The number of carboxylic acid groups (broad SMARTS) is 1. The van der Waals surface area contributed by atoms with E-state index in [0.717, 1.165) is 47.6 Å². The molecule has 2 aromatic carbocycles. The number of hydrogen-bond acceptors (Lipinski definition) is 3. The second-order valence-corrected chi connectivity index (χ2v) is 7.57. The molecule has 0 unspecified atom stereocenters. The number of aryl methyl sites for hydroxylation is 1. The number of carboxylic acids is 1. The summed E-state index contributed by atoms with van der Waals surface area (Å²) in [5, 5.41) is 14.1. The van der Waals surface area contributed by atoms with E-state index in [1.807, 2.05) is 47.2 Å². The quantitative estimate of drug-likeness (QED) is 0.523.